The number of aromatic nitrogens is 1. The van der Waals surface area contributed by atoms with Crippen molar-refractivity contribution in [3.8, 4) is 5.75 Å². The molecule has 0 atom stereocenters. The molecule has 1 aliphatic carbocycles. The van der Waals surface area contributed by atoms with Crippen molar-refractivity contribution in [3.63, 3.8) is 0 Å². The number of carbonyl (C=O) groups is 1. The van der Waals surface area contributed by atoms with Crippen LogP contribution in [0.15, 0.2) is 36.5 Å². The molecule has 2 N–H and O–H groups in total. The number of benzene rings is 1. The van der Waals surface area contributed by atoms with Crippen molar-refractivity contribution in [2.45, 2.75) is 71.0 Å². The maximum atomic E-state index is 12.6. The van der Waals surface area contributed by atoms with Crippen LogP contribution in [0.25, 0.3) is 0 Å². The van der Waals surface area contributed by atoms with Crippen LogP contribution in [0.1, 0.15) is 73.9 Å². The standard InChI is InChI=1S/C26H36N4O2/c1-4-32-24-15-19(5-9-23(24)20-6-7-20)17-30-13-11-22(12-14-30)29-26(31)21-8-10-25(27-16-21)28-18(2)3/h5,8-10,15-16,18,20,22H,4,6-7,11-14,17H2,1-3H3,(H,27,28)(H,29,31). The summed E-state index contributed by atoms with van der Waals surface area (Å²) in [4.78, 5) is 19.4. The van der Waals surface area contributed by atoms with Crippen molar-refractivity contribution >= 4 is 11.7 Å². The van der Waals surface area contributed by atoms with E-state index in [1.165, 1.54) is 24.0 Å². The highest BCUT2D eigenvalue weighted by Gasteiger charge is 2.27. The number of nitrogens with zero attached hydrogens (tertiary/aromatic N) is 2. The lowest BCUT2D eigenvalue weighted by atomic mass is 10.0. The van der Waals surface area contributed by atoms with E-state index in [-0.39, 0.29) is 11.9 Å². The molecule has 1 amide bonds. The number of carbonyl (C=O) groups excluding carboxylic acids is 1. The van der Waals surface area contributed by atoms with Crippen LogP contribution in [0.3, 0.4) is 0 Å². The minimum Gasteiger partial charge on any atom is -0.494 e. The maximum Gasteiger partial charge on any atom is 0.253 e. The highest BCUT2D eigenvalue weighted by Crippen LogP contribution is 2.44. The highest BCUT2D eigenvalue weighted by atomic mass is 16.5. The lowest BCUT2D eigenvalue weighted by Crippen LogP contribution is -2.44. The predicted molar refractivity (Wildman–Crippen MR) is 128 cm³/mol. The normalized spacial score (nSPS) is 17.4. The van der Waals surface area contributed by atoms with Crippen LogP contribution in [0, 0.1) is 0 Å². The smallest absolute Gasteiger partial charge is 0.253 e. The molecule has 0 bridgehead atoms. The molecule has 6 heteroatoms. The number of hydrogen-bond acceptors (Lipinski definition) is 5. The molecule has 0 spiro atoms. The largest absolute Gasteiger partial charge is 0.494 e. The number of likely N-dealkylation sites (tertiary alicyclic amines) is 1. The van der Waals surface area contributed by atoms with Crippen LogP contribution in [-0.4, -0.2) is 47.6 Å². The molecule has 2 aromatic rings. The van der Waals surface area contributed by atoms with Gasteiger partial charge < -0.3 is 15.4 Å². The van der Waals surface area contributed by atoms with Gasteiger partial charge in [0.2, 0.25) is 0 Å². The van der Waals surface area contributed by atoms with Crippen LogP contribution >= 0.6 is 0 Å². The Morgan fingerprint density at radius 1 is 1.16 bits per heavy atom. The molecule has 1 aliphatic heterocycles. The zero-order chi connectivity index (χ0) is 22.5. The Balaban J connectivity index is 1.26. The van der Waals surface area contributed by atoms with Crippen molar-refractivity contribution < 1.29 is 9.53 Å². The number of rotatable bonds is 9. The summed E-state index contributed by atoms with van der Waals surface area (Å²) in [5.41, 5.74) is 3.29. The quantitative estimate of drug-likeness (QED) is 0.603. The van der Waals surface area contributed by atoms with E-state index in [1.54, 1.807) is 6.20 Å². The van der Waals surface area contributed by atoms with Crippen molar-refractivity contribution in [1.29, 1.82) is 0 Å². The SMILES string of the molecule is CCOc1cc(CN2CCC(NC(=O)c3ccc(NC(C)C)nc3)CC2)ccc1C1CC1. The number of ether oxygens (including phenoxy) is 1. The van der Waals surface area contributed by atoms with Gasteiger partial charge in [0.25, 0.3) is 5.91 Å². The van der Waals surface area contributed by atoms with E-state index in [4.69, 9.17) is 4.74 Å². The van der Waals surface area contributed by atoms with Gasteiger partial charge in [-0.2, -0.15) is 0 Å². The fourth-order valence-corrected chi connectivity index (χ4v) is 4.36. The van der Waals surface area contributed by atoms with E-state index in [9.17, 15) is 4.79 Å². The molecule has 1 saturated carbocycles. The summed E-state index contributed by atoms with van der Waals surface area (Å²) in [6, 6.07) is 11.0. The molecular weight excluding hydrogens is 400 g/mol. The topological polar surface area (TPSA) is 66.5 Å². The van der Waals surface area contributed by atoms with E-state index in [0.29, 0.717) is 24.1 Å². The summed E-state index contributed by atoms with van der Waals surface area (Å²) in [6.07, 6.45) is 6.15. The average molecular weight is 437 g/mol. The Labute approximate surface area is 191 Å². The summed E-state index contributed by atoms with van der Waals surface area (Å²) in [7, 11) is 0. The second kappa shape index (κ2) is 10.3. The maximum absolute atomic E-state index is 12.6. The van der Waals surface area contributed by atoms with Crippen LogP contribution < -0.4 is 15.4 Å². The summed E-state index contributed by atoms with van der Waals surface area (Å²) in [5.74, 6) is 2.52. The molecule has 4 rings (SSSR count). The van der Waals surface area contributed by atoms with E-state index in [2.05, 4.69) is 59.5 Å². The lowest BCUT2D eigenvalue weighted by molar-refractivity contribution is 0.0908. The summed E-state index contributed by atoms with van der Waals surface area (Å²) < 4.78 is 5.92. The summed E-state index contributed by atoms with van der Waals surface area (Å²) in [5, 5.41) is 6.43. The second-order valence-corrected chi connectivity index (χ2v) is 9.33. The third kappa shape index (κ3) is 6.00. The fraction of sp³-hybridized carbons (Fsp3) is 0.538. The Kier molecular flexibility index (Phi) is 7.30. The van der Waals surface area contributed by atoms with Gasteiger partial charge in [0.15, 0.2) is 0 Å². The van der Waals surface area contributed by atoms with Crippen molar-refractivity contribution in [1.82, 2.24) is 15.2 Å². The molecule has 1 aromatic carbocycles. The number of hydrogen-bond donors (Lipinski definition) is 2. The Hall–Kier alpha value is -2.60. The van der Waals surface area contributed by atoms with E-state index >= 15 is 0 Å². The van der Waals surface area contributed by atoms with Gasteiger partial charge in [0.1, 0.15) is 11.6 Å². The van der Waals surface area contributed by atoms with Crippen LogP contribution in [0.2, 0.25) is 0 Å². The third-order valence-electron chi connectivity index (χ3n) is 6.19. The molecule has 32 heavy (non-hydrogen) atoms. The van der Waals surface area contributed by atoms with Crippen molar-refractivity contribution in [2.24, 2.45) is 0 Å². The molecule has 6 nitrogen and oxygen atoms in total. The van der Waals surface area contributed by atoms with Crippen LogP contribution in [-0.2, 0) is 6.54 Å². The molecule has 1 saturated heterocycles. The Bertz CT molecular complexity index is 901. The first kappa shape index (κ1) is 22.6. The van der Waals surface area contributed by atoms with E-state index in [1.807, 2.05) is 12.1 Å². The number of pyridine rings is 1. The van der Waals surface area contributed by atoms with Gasteiger partial charge in [-0.25, -0.2) is 4.98 Å². The van der Waals surface area contributed by atoms with Gasteiger partial charge in [-0.3, -0.25) is 9.69 Å². The minimum atomic E-state index is -0.0379. The Morgan fingerprint density at radius 2 is 1.94 bits per heavy atom. The first-order chi connectivity index (χ1) is 15.5. The van der Waals surface area contributed by atoms with Gasteiger partial charge in [0.05, 0.1) is 12.2 Å². The van der Waals surface area contributed by atoms with Gasteiger partial charge in [-0.05, 0) is 81.7 Å². The number of nitrogens with one attached hydrogen (secondary N) is 2. The van der Waals surface area contributed by atoms with Crippen molar-refractivity contribution in [2.75, 3.05) is 25.0 Å². The molecule has 1 aromatic heterocycles. The minimum absolute atomic E-state index is 0.0379. The average Bonchev–Trinajstić information content (AvgIpc) is 3.61. The first-order valence-corrected chi connectivity index (χ1v) is 12.0. The van der Waals surface area contributed by atoms with E-state index < -0.39 is 0 Å². The molecule has 0 radical (unpaired) electrons. The molecule has 172 valence electrons. The van der Waals surface area contributed by atoms with Crippen molar-refractivity contribution in [3.05, 3.63) is 53.2 Å². The Morgan fingerprint density at radius 3 is 2.56 bits per heavy atom. The number of amides is 1. The number of piperidine rings is 1. The summed E-state index contributed by atoms with van der Waals surface area (Å²) >= 11 is 0. The summed E-state index contributed by atoms with van der Waals surface area (Å²) in [6.45, 7) is 9.78. The zero-order valence-corrected chi connectivity index (χ0v) is 19.6. The molecular formula is C26H36N4O2. The van der Waals surface area contributed by atoms with E-state index in [0.717, 1.165) is 44.0 Å². The monoisotopic (exact) mass is 436 g/mol. The molecule has 2 aliphatic rings. The number of anilines is 1. The first-order valence-electron chi connectivity index (χ1n) is 12.0. The zero-order valence-electron chi connectivity index (χ0n) is 19.6. The van der Waals surface area contributed by atoms with Crippen LogP contribution in [0.4, 0.5) is 5.82 Å². The molecule has 0 unspecified atom stereocenters. The third-order valence-corrected chi connectivity index (χ3v) is 6.19. The fourth-order valence-electron chi connectivity index (χ4n) is 4.36. The predicted octanol–water partition coefficient (Wildman–Crippen LogP) is 4.57. The van der Waals surface area contributed by atoms with Gasteiger partial charge >= 0.3 is 0 Å². The second-order valence-electron chi connectivity index (χ2n) is 9.33. The van der Waals surface area contributed by atoms with Gasteiger partial charge in [-0.15, -0.1) is 0 Å². The van der Waals surface area contributed by atoms with Gasteiger partial charge in [0, 0.05) is 37.9 Å². The highest BCUT2D eigenvalue weighted by molar-refractivity contribution is 5.94. The van der Waals surface area contributed by atoms with Crippen LogP contribution in [0.5, 0.6) is 5.75 Å². The van der Waals surface area contributed by atoms with Gasteiger partial charge in [-0.1, -0.05) is 12.1 Å². The molecule has 2 fully saturated rings. The lowest BCUT2D eigenvalue weighted by Gasteiger charge is -2.32. The molecule has 2 heterocycles.